The van der Waals surface area contributed by atoms with Gasteiger partial charge in [-0.2, -0.15) is 0 Å². The molecule has 1 aromatic rings. The van der Waals surface area contributed by atoms with Crippen LogP contribution in [-0.2, 0) is 11.3 Å². The summed E-state index contributed by atoms with van der Waals surface area (Å²) in [6, 6.07) is 8.20. The van der Waals surface area contributed by atoms with Crippen molar-refractivity contribution in [3.8, 4) is 5.75 Å². The van der Waals surface area contributed by atoms with E-state index in [0.717, 1.165) is 6.54 Å². The predicted molar refractivity (Wildman–Crippen MR) is 76.9 cm³/mol. The third kappa shape index (κ3) is 6.82. The molecule has 0 aromatic heterocycles. The van der Waals surface area contributed by atoms with Gasteiger partial charge >= 0.3 is 0 Å². The molecule has 0 saturated heterocycles. The maximum Gasteiger partial charge on any atom is 0.255 e. The third-order valence-electron chi connectivity index (χ3n) is 2.78. The maximum absolute atomic E-state index is 10.6. The van der Waals surface area contributed by atoms with Crippen molar-refractivity contribution in [3.63, 3.8) is 0 Å². The Morgan fingerprint density at radius 1 is 1.26 bits per heavy atom. The molecular formula is C15H24N2O2. The molecule has 0 bridgehead atoms. The highest BCUT2D eigenvalue weighted by atomic mass is 16.5. The number of hydrogen-bond acceptors (Lipinski definition) is 3. The molecule has 4 nitrogen and oxygen atoms in total. The Morgan fingerprint density at radius 2 is 1.89 bits per heavy atom. The first-order valence-corrected chi connectivity index (χ1v) is 6.70. The highest BCUT2D eigenvalue weighted by molar-refractivity contribution is 5.75. The van der Waals surface area contributed by atoms with Gasteiger partial charge in [-0.05, 0) is 37.0 Å². The van der Waals surface area contributed by atoms with Crippen LogP contribution in [0.4, 0.5) is 0 Å². The van der Waals surface area contributed by atoms with Gasteiger partial charge in [0.25, 0.3) is 5.91 Å². The SMILES string of the molecule is CC(C)CC(C)NCc1ccc(OCC(N)=O)cc1. The van der Waals surface area contributed by atoms with Gasteiger partial charge in [0, 0.05) is 12.6 Å². The molecule has 19 heavy (non-hydrogen) atoms. The van der Waals surface area contributed by atoms with Crippen LogP contribution in [0.1, 0.15) is 32.8 Å². The van der Waals surface area contributed by atoms with Gasteiger partial charge in [0.1, 0.15) is 5.75 Å². The van der Waals surface area contributed by atoms with Gasteiger partial charge in [-0.25, -0.2) is 0 Å². The largest absolute Gasteiger partial charge is 0.484 e. The number of nitrogens with one attached hydrogen (secondary N) is 1. The molecule has 106 valence electrons. The zero-order valence-electron chi connectivity index (χ0n) is 12.0. The number of hydrogen-bond donors (Lipinski definition) is 2. The molecule has 0 aliphatic rings. The number of rotatable bonds is 8. The van der Waals surface area contributed by atoms with E-state index in [-0.39, 0.29) is 6.61 Å². The van der Waals surface area contributed by atoms with Crippen LogP contribution in [0.15, 0.2) is 24.3 Å². The van der Waals surface area contributed by atoms with E-state index in [4.69, 9.17) is 10.5 Å². The van der Waals surface area contributed by atoms with Gasteiger partial charge < -0.3 is 15.8 Å². The summed E-state index contributed by atoms with van der Waals surface area (Å²) in [7, 11) is 0. The lowest BCUT2D eigenvalue weighted by Gasteiger charge is -2.16. The number of amides is 1. The number of carbonyl (C=O) groups excluding carboxylic acids is 1. The molecule has 1 rings (SSSR count). The molecule has 0 fully saturated rings. The van der Waals surface area contributed by atoms with Crippen LogP contribution in [0.3, 0.4) is 0 Å². The summed E-state index contributed by atoms with van der Waals surface area (Å²) in [5.74, 6) is 0.901. The minimum absolute atomic E-state index is 0.0803. The molecule has 0 spiro atoms. The van der Waals surface area contributed by atoms with Gasteiger partial charge in [0.15, 0.2) is 6.61 Å². The Labute approximate surface area is 115 Å². The summed E-state index contributed by atoms with van der Waals surface area (Å²) in [6.07, 6.45) is 1.17. The summed E-state index contributed by atoms with van der Waals surface area (Å²) >= 11 is 0. The molecule has 3 N–H and O–H groups in total. The summed E-state index contributed by atoms with van der Waals surface area (Å²) in [6.45, 7) is 7.41. The van der Waals surface area contributed by atoms with Crippen LogP contribution in [-0.4, -0.2) is 18.6 Å². The highest BCUT2D eigenvalue weighted by Crippen LogP contribution is 2.12. The predicted octanol–water partition coefficient (Wildman–Crippen LogP) is 2.07. The molecular weight excluding hydrogens is 240 g/mol. The minimum Gasteiger partial charge on any atom is -0.484 e. The first kappa shape index (κ1) is 15.5. The third-order valence-corrected chi connectivity index (χ3v) is 2.78. The number of primary amides is 1. The van der Waals surface area contributed by atoms with Crippen molar-refractivity contribution in [1.29, 1.82) is 0 Å². The summed E-state index contributed by atoms with van der Waals surface area (Å²) in [5, 5.41) is 3.48. The van der Waals surface area contributed by atoms with Crippen LogP contribution in [0.5, 0.6) is 5.75 Å². The Morgan fingerprint density at radius 3 is 2.42 bits per heavy atom. The van der Waals surface area contributed by atoms with Gasteiger partial charge in [-0.1, -0.05) is 26.0 Å². The average Bonchev–Trinajstić information content (AvgIpc) is 2.34. The minimum atomic E-state index is -0.465. The molecule has 1 atom stereocenters. The summed E-state index contributed by atoms with van der Waals surface area (Å²) in [5.41, 5.74) is 6.21. The van der Waals surface area contributed by atoms with Crippen molar-refractivity contribution in [2.45, 2.75) is 39.8 Å². The second kappa shape index (κ2) is 7.79. The smallest absolute Gasteiger partial charge is 0.255 e. The van der Waals surface area contributed by atoms with Gasteiger partial charge in [-0.3, -0.25) is 4.79 Å². The number of benzene rings is 1. The highest BCUT2D eigenvalue weighted by Gasteiger charge is 2.04. The van der Waals surface area contributed by atoms with Crippen LogP contribution >= 0.6 is 0 Å². The first-order valence-electron chi connectivity index (χ1n) is 6.70. The van der Waals surface area contributed by atoms with Crippen molar-refractivity contribution in [3.05, 3.63) is 29.8 Å². The molecule has 4 heteroatoms. The van der Waals surface area contributed by atoms with Crippen molar-refractivity contribution >= 4 is 5.91 Å². The van der Waals surface area contributed by atoms with Gasteiger partial charge in [0.05, 0.1) is 0 Å². The zero-order valence-corrected chi connectivity index (χ0v) is 12.0. The monoisotopic (exact) mass is 264 g/mol. The quantitative estimate of drug-likeness (QED) is 0.755. The van der Waals surface area contributed by atoms with E-state index in [1.54, 1.807) is 0 Å². The Kier molecular flexibility index (Phi) is 6.36. The standard InChI is InChI=1S/C15H24N2O2/c1-11(2)8-12(3)17-9-13-4-6-14(7-5-13)19-10-15(16)18/h4-7,11-12,17H,8-10H2,1-3H3,(H2,16,18). The number of carbonyl (C=O) groups is 1. The van der Waals surface area contributed by atoms with E-state index in [0.29, 0.717) is 17.7 Å². The lowest BCUT2D eigenvalue weighted by molar-refractivity contribution is -0.119. The van der Waals surface area contributed by atoms with Crippen molar-refractivity contribution in [1.82, 2.24) is 5.32 Å². The van der Waals surface area contributed by atoms with Crippen molar-refractivity contribution < 1.29 is 9.53 Å². The zero-order chi connectivity index (χ0) is 14.3. The van der Waals surface area contributed by atoms with Crippen molar-refractivity contribution in [2.75, 3.05) is 6.61 Å². The lowest BCUT2D eigenvalue weighted by Crippen LogP contribution is -2.26. The number of ether oxygens (including phenoxy) is 1. The molecule has 0 aliphatic carbocycles. The van der Waals surface area contributed by atoms with Crippen LogP contribution in [0.25, 0.3) is 0 Å². The summed E-state index contributed by atoms with van der Waals surface area (Å²) in [4.78, 5) is 10.6. The van der Waals surface area contributed by atoms with Crippen molar-refractivity contribution in [2.24, 2.45) is 11.7 Å². The van der Waals surface area contributed by atoms with E-state index < -0.39 is 5.91 Å². The maximum atomic E-state index is 10.6. The van der Waals surface area contributed by atoms with Gasteiger partial charge in [-0.15, -0.1) is 0 Å². The molecule has 0 radical (unpaired) electrons. The number of nitrogens with two attached hydrogens (primary N) is 1. The second-order valence-corrected chi connectivity index (χ2v) is 5.31. The summed E-state index contributed by atoms with van der Waals surface area (Å²) < 4.78 is 5.21. The molecule has 1 amide bonds. The van der Waals surface area contributed by atoms with Crippen LogP contribution < -0.4 is 15.8 Å². The topological polar surface area (TPSA) is 64.3 Å². The van der Waals surface area contributed by atoms with Gasteiger partial charge in [0.2, 0.25) is 0 Å². The molecule has 0 saturated carbocycles. The van der Waals surface area contributed by atoms with Crippen LogP contribution in [0.2, 0.25) is 0 Å². The molecule has 0 aliphatic heterocycles. The van der Waals surface area contributed by atoms with E-state index in [9.17, 15) is 4.79 Å². The fraction of sp³-hybridized carbons (Fsp3) is 0.533. The Bertz CT molecular complexity index is 388. The second-order valence-electron chi connectivity index (χ2n) is 5.31. The fourth-order valence-corrected chi connectivity index (χ4v) is 1.94. The Balaban J connectivity index is 2.37. The van der Waals surface area contributed by atoms with Crippen LogP contribution in [0, 0.1) is 5.92 Å². The van der Waals surface area contributed by atoms with E-state index in [1.807, 2.05) is 24.3 Å². The first-order chi connectivity index (χ1) is 8.97. The molecule has 0 heterocycles. The molecule has 1 aromatic carbocycles. The van der Waals surface area contributed by atoms with E-state index in [1.165, 1.54) is 12.0 Å². The average molecular weight is 264 g/mol. The fourth-order valence-electron chi connectivity index (χ4n) is 1.94. The van der Waals surface area contributed by atoms with E-state index >= 15 is 0 Å². The molecule has 1 unspecified atom stereocenters. The normalized spacial score (nSPS) is 12.4. The lowest BCUT2D eigenvalue weighted by atomic mass is 10.1. The van der Waals surface area contributed by atoms with E-state index in [2.05, 4.69) is 26.1 Å². The Hall–Kier alpha value is -1.55.